The van der Waals surface area contributed by atoms with Gasteiger partial charge in [0.2, 0.25) is 0 Å². The second-order valence-electron chi connectivity index (χ2n) is 11.6. The third-order valence-electron chi connectivity index (χ3n) is 9.00. The number of nitrogens with zero attached hydrogens (tertiary/aromatic N) is 2. The molecule has 10 heteroatoms. The Morgan fingerprint density at radius 2 is 1.83 bits per heavy atom. The van der Waals surface area contributed by atoms with Crippen LogP contribution in [0.3, 0.4) is 0 Å². The summed E-state index contributed by atoms with van der Waals surface area (Å²) in [6.45, 7) is 7.12. The van der Waals surface area contributed by atoms with E-state index < -0.39 is 58.1 Å². The molecule has 3 aliphatic carbocycles. The topological polar surface area (TPSA) is 148 Å². The van der Waals surface area contributed by atoms with E-state index in [1.165, 1.54) is 6.07 Å². The highest BCUT2D eigenvalue weighted by Gasteiger charge is 2.62. The molecule has 0 heterocycles. The summed E-state index contributed by atoms with van der Waals surface area (Å²) in [5.74, 6) is -5.67. The van der Waals surface area contributed by atoms with Crippen LogP contribution in [0.25, 0.3) is 5.76 Å². The average molecular weight is 578 g/mol. The number of Topliss-reactive ketones (excluding diaryl/α,β-unsaturated/α-hetero) is 1. The van der Waals surface area contributed by atoms with Gasteiger partial charge >= 0.3 is 0 Å². The SMILES string of the molecule is C=C1C(C(N)=O)=C(O)[C@@H](N(C)C)[C@@H]2C[C@@H]3Cc4c(F)c(CN(CC)Cc5ccccc5)cc(O)c4C(O)=C3C(=O)[C@]12O. The number of hydrogen-bond acceptors (Lipinski definition) is 8. The zero-order valence-corrected chi connectivity index (χ0v) is 23.9. The number of aliphatic hydroxyl groups is 3. The van der Waals surface area contributed by atoms with Crippen molar-refractivity contribution in [1.29, 1.82) is 0 Å². The fourth-order valence-electron chi connectivity index (χ4n) is 6.99. The number of fused-ring (bicyclic) bond motifs is 3. The van der Waals surface area contributed by atoms with Gasteiger partial charge in [-0.3, -0.25) is 19.4 Å². The molecule has 0 aromatic heterocycles. The van der Waals surface area contributed by atoms with E-state index in [1.54, 1.807) is 19.0 Å². The Kier molecular flexibility index (Phi) is 7.51. The van der Waals surface area contributed by atoms with E-state index in [1.807, 2.05) is 42.2 Å². The maximum absolute atomic E-state index is 16.1. The molecule has 2 aromatic rings. The summed E-state index contributed by atoms with van der Waals surface area (Å²) >= 11 is 0. The first-order valence-electron chi connectivity index (χ1n) is 13.9. The monoisotopic (exact) mass is 577 g/mol. The zero-order valence-electron chi connectivity index (χ0n) is 23.9. The third kappa shape index (κ3) is 4.41. The molecule has 42 heavy (non-hydrogen) atoms. The molecule has 4 atom stereocenters. The van der Waals surface area contributed by atoms with Crippen LogP contribution < -0.4 is 5.73 Å². The minimum Gasteiger partial charge on any atom is -0.510 e. The third-order valence-corrected chi connectivity index (χ3v) is 9.00. The maximum Gasteiger partial charge on any atom is 0.252 e. The first-order chi connectivity index (χ1) is 19.8. The van der Waals surface area contributed by atoms with Crippen molar-refractivity contribution in [3.63, 3.8) is 0 Å². The van der Waals surface area contributed by atoms with E-state index in [0.717, 1.165) is 5.56 Å². The van der Waals surface area contributed by atoms with Gasteiger partial charge in [-0.25, -0.2) is 4.39 Å². The highest BCUT2D eigenvalue weighted by atomic mass is 19.1. The van der Waals surface area contributed by atoms with Crippen molar-refractivity contribution in [2.45, 2.75) is 44.5 Å². The Bertz CT molecular complexity index is 1550. The summed E-state index contributed by atoms with van der Waals surface area (Å²) in [6, 6.07) is 10.0. The lowest BCUT2D eigenvalue weighted by molar-refractivity contribution is -0.143. The van der Waals surface area contributed by atoms with E-state index in [4.69, 9.17) is 5.73 Å². The Morgan fingerprint density at radius 1 is 1.17 bits per heavy atom. The minimum absolute atomic E-state index is 0.0229. The molecule has 1 fully saturated rings. The molecule has 6 N–H and O–H groups in total. The van der Waals surface area contributed by atoms with Crippen LogP contribution in [0.1, 0.15) is 35.6 Å². The van der Waals surface area contributed by atoms with Crippen molar-refractivity contribution in [2.75, 3.05) is 20.6 Å². The number of likely N-dealkylation sites (N-methyl/N-ethyl adjacent to an activating group) is 1. The number of primary amides is 1. The lowest BCUT2D eigenvalue weighted by Crippen LogP contribution is -2.63. The Hall–Kier alpha value is -3.99. The molecule has 0 saturated heterocycles. The van der Waals surface area contributed by atoms with Gasteiger partial charge in [0.25, 0.3) is 5.91 Å². The van der Waals surface area contributed by atoms with Crippen LogP contribution in [0.15, 0.2) is 65.5 Å². The van der Waals surface area contributed by atoms with Gasteiger partial charge in [-0.15, -0.1) is 0 Å². The molecule has 3 aliphatic rings. The number of aromatic hydroxyl groups is 1. The van der Waals surface area contributed by atoms with Gasteiger partial charge in [0.05, 0.1) is 17.2 Å². The number of nitrogens with two attached hydrogens (primary N) is 1. The van der Waals surface area contributed by atoms with Crippen molar-refractivity contribution in [2.24, 2.45) is 17.6 Å². The van der Waals surface area contributed by atoms with Gasteiger partial charge < -0.3 is 26.2 Å². The maximum atomic E-state index is 16.1. The smallest absolute Gasteiger partial charge is 0.252 e. The highest BCUT2D eigenvalue weighted by Crippen LogP contribution is 2.54. The molecule has 0 unspecified atom stereocenters. The number of rotatable bonds is 7. The number of benzene rings is 2. The van der Waals surface area contributed by atoms with Crippen LogP contribution in [0, 0.1) is 17.7 Å². The molecular weight excluding hydrogens is 541 g/mol. The first kappa shape index (κ1) is 29.5. The Labute approximate surface area is 243 Å². The van der Waals surface area contributed by atoms with Gasteiger partial charge in [-0.1, -0.05) is 43.8 Å². The number of hydrogen-bond donors (Lipinski definition) is 5. The molecule has 0 radical (unpaired) electrons. The molecular formula is C32H36FN3O6. The van der Waals surface area contributed by atoms with E-state index in [2.05, 4.69) is 6.58 Å². The number of ketones is 1. The minimum atomic E-state index is -2.37. The van der Waals surface area contributed by atoms with Crippen molar-refractivity contribution in [3.8, 4) is 5.75 Å². The molecule has 1 saturated carbocycles. The number of phenolic OH excluding ortho intramolecular Hbond substituents is 1. The standard InChI is InChI=1S/C32H36FN3O6/c1-5-36(14-17-9-7-6-8-10-17)15-19-13-22(37)25-20(26(19)33)11-18-12-21-27(35(3)4)29(39)23(31(34)41)16(2)32(21,42)30(40)24(18)28(25)38/h6-10,13,18,21,27,37-39,42H,2,5,11-12,14-15H2,1,3-4H3,(H2,34,41)/t18-,21-,27-,32-/m0/s1. The Balaban J connectivity index is 1.57. The summed E-state index contributed by atoms with van der Waals surface area (Å²) in [7, 11) is 3.24. The molecule has 1 amide bonds. The van der Waals surface area contributed by atoms with E-state index in [9.17, 15) is 30.0 Å². The summed E-state index contributed by atoms with van der Waals surface area (Å²) < 4.78 is 16.1. The van der Waals surface area contributed by atoms with Crippen LogP contribution in [-0.2, 0) is 29.1 Å². The fraction of sp³-hybridized carbons (Fsp3) is 0.375. The summed E-state index contributed by atoms with van der Waals surface area (Å²) in [5, 5.41) is 45.3. The van der Waals surface area contributed by atoms with E-state index in [0.29, 0.717) is 13.1 Å². The van der Waals surface area contributed by atoms with Crippen LogP contribution in [-0.4, -0.2) is 74.2 Å². The predicted molar refractivity (Wildman–Crippen MR) is 155 cm³/mol. The molecule has 222 valence electrons. The quantitative estimate of drug-likeness (QED) is 0.337. The molecule has 0 aliphatic heterocycles. The van der Waals surface area contributed by atoms with E-state index in [-0.39, 0.29) is 53.0 Å². The summed E-state index contributed by atoms with van der Waals surface area (Å²) in [6.07, 6.45) is 0.0312. The molecule has 9 nitrogen and oxygen atoms in total. The largest absolute Gasteiger partial charge is 0.510 e. The molecule has 2 aromatic carbocycles. The van der Waals surface area contributed by atoms with Gasteiger partial charge in [-0.2, -0.15) is 0 Å². The van der Waals surface area contributed by atoms with Gasteiger partial charge in [-0.05, 0) is 51.0 Å². The lowest BCUT2D eigenvalue weighted by atomic mass is 9.56. The lowest BCUT2D eigenvalue weighted by Gasteiger charge is -2.52. The average Bonchev–Trinajstić information content (AvgIpc) is 2.93. The second-order valence-corrected chi connectivity index (χ2v) is 11.6. The van der Waals surface area contributed by atoms with Crippen molar-refractivity contribution >= 4 is 17.4 Å². The number of carbonyl (C=O) groups is 2. The van der Waals surface area contributed by atoms with Crippen molar-refractivity contribution in [3.05, 3.63) is 93.5 Å². The zero-order chi connectivity index (χ0) is 30.7. The number of carbonyl (C=O) groups excluding carboxylic acids is 2. The number of halogens is 1. The second kappa shape index (κ2) is 10.7. The van der Waals surface area contributed by atoms with Gasteiger partial charge in [0.1, 0.15) is 23.1 Å². The van der Waals surface area contributed by atoms with Crippen molar-refractivity contribution < 1.29 is 34.4 Å². The Morgan fingerprint density at radius 3 is 2.43 bits per heavy atom. The first-order valence-corrected chi connectivity index (χ1v) is 13.9. The van der Waals surface area contributed by atoms with Gasteiger partial charge in [0.15, 0.2) is 11.4 Å². The number of phenols is 1. The fourth-order valence-corrected chi connectivity index (χ4v) is 6.99. The van der Waals surface area contributed by atoms with Crippen LogP contribution in [0.4, 0.5) is 4.39 Å². The summed E-state index contributed by atoms with van der Waals surface area (Å²) in [5.41, 5.74) is 3.37. The summed E-state index contributed by atoms with van der Waals surface area (Å²) in [4.78, 5) is 29.9. The molecule has 0 spiro atoms. The van der Waals surface area contributed by atoms with Gasteiger partial charge in [0, 0.05) is 41.3 Å². The number of amides is 1. The van der Waals surface area contributed by atoms with Crippen LogP contribution >= 0.6 is 0 Å². The molecule has 0 bridgehead atoms. The highest BCUT2D eigenvalue weighted by molar-refractivity contribution is 6.13. The predicted octanol–water partition coefficient (Wildman–Crippen LogP) is 3.11. The van der Waals surface area contributed by atoms with Crippen LogP contribution in [0.5, 0.6) is 5.75 Å². The molecule has 5 rings (SSSR count). The van der Waals surface area contributed by atoms with E-state index >= 15 is 4.39 Å². The number of aliphatic hydroxyl groups excluding tert-OH is 2. The van der Waals surface area contributed by atoms with Crippen LogP contribution in [0.2, 0.25) is 0 Å². The van der Waals surface area contributed by atoms with Crippen molar-refractivity contribution in [1.82, 2.24) is 9.80 Å². The normalized spacial score (nSPS) is 25.5.